The quantitative estimate of drug-likeness (QED) is 0.857. The lowest BCUT2D eigenvalue weighted by Crippen LogP contribution is -2.34. The first kappa shape index (κ1) is 13.4. The molecular formula is C14H19N5. The Morgan fingerprint density at radius 3 is 2.47 bits per heavy atom. The summed E-state index contributed by atoms with van der Waals surface area (Å²) in [6.07, 6.45) is 7.98. The molecule has 0 saturated heterocycles. The van der Waals surface area contributed by atoms with Gasteiger partial charge in [-0.15, -0.1) is 0 Å². The first-order chi connectivity index (χ1) is 9.04. The van der Waals surface area contributed by atoms with Crippen LogP contribution in [0.4, 0.5) is 5.95 Å². The first-order valence-corrected chi connectivity index (χ1v) is 6.30. The monoisotopic (exact) mass is 257 g/mol. The molecule has 5 heteroatoms. The van der Waals surface area contributed by atoms with E-state index in [2.05, 4.69) is 20.3 Å². The van der Waals surface area contributed by atoms with Gasteiger partial charge in [-0.05, 0) is 26.3 Å². The van der Waals surface area contributed by atoms with Gasteiger partial charge in [-0.25, -0.2) is 9.97 Å². The number of pyridine rings is 1. The van der Waals surface area contributed by atoms with Crippen LogP contribution in [0.5, 0.6) is 0 Å². The molecule has 0 aliphatic carbocycles. The Morgan fingerprint density at radius 2 is 1.89 bits per heavy atom. The molecular weight excluding hydrogens is 238 g/mol. The van der Waals surface area contributed by atoms with Gasteiger partial charge in [0.25, 0.3) is 0 Å². The lowest BCUT2D eigenvalue weighted by molar-refractivity contribution is 0.490. The predicted octanol–water partition coefficient (Wildman–Crippen LogP) is 2.08. The Bertz CT molecular complexity index is 502. The van der Waals surface area contributed by atoms with Crippen LogP contribution in [0.15, 0.2) is 36.9 Å². The van der Waals surface area contributed by atoms with Gasteiger partial charge in [-0.2, -0.15) is 0 Å². The number of aromatic nitrogens is 3. The van der Waals surface area contributed by atoms with Gasteiger partial charge in [-0.3, -0.25) is 4.98 Å². The Hall–Kier alpha value is -2.01. The summed E-state index contributed by atoms with van der Waals surface area (Å²) in [6, 6.07) is 3.88. The SMILES string of the molecule is CC(C)(N)CCNc1ncc(-c2cccnc2)cn1. The van der Waals surface area contributed by atoms with Crippen LogP contribution >= 0.6 is 0 Å². The third kappa shape index (κ3) is 4.30. The van der Waals surface area contributed by atoms with E-state index in [1.54, 1.807) is 24.8 Å². The topological polar surface area (TPSA) is 76.7 Å². The molecule has 2 heterocycles. The molecule has 0 fully saturated rings. The second-order valence-corrected chi connectivity index (χ2v) is 5.20. The minimum atomic E-state index is -0.178. The van der Waals surface area contributed by atoms with Gasteiger partial charge in [0.15, 0.2) is 0 Å². The van der Waals surface area contributed by atoms with E-state index in [1.807, 2.05) is 26.0 Å². The van der Waals surface area contributed by atoms with Crippen LogP contribution in [0.2, 0.25) is 0 Å². The van der Waals surface area contributed by atoms with Gasteiger partial charge in [0.05, 0.1) is 0 Å². The number of rotatable bonds is 5. The van der Waals surface area contributed by atoms with E-state index in [9.17, 15) is 0 Å². The second-order valence-electron chi connectivity index (χ2n) is 5.20. The fourth-order valence-corrected chi connectivity index (χ4v) is 1.60. The van der Waals surface area contributed by atoms with Crippen molar-refractivity contribution in [2.24, 2.45) is 5.73 Å². The molecule has 0 bridgehead atoms. The smallest absolute Gasteiger partial charge is 0.222 e. The molecule has 2 aromatic heterocycles. The van der Waals surface area contributed by atoms with Crippen LogP contribution < -0.4 is 11.1 Å². The third-order valence-corrected chi connectivity index (χ3v) is 2.70. The average molecular weight is 257 g/mol. The van der Waals surface area contributed by atoms with Crippen LogP contribution in [0.25, 0.3) is 11.1 Å². The standard InChI is InChI=1S/C14H19N5/c1-14(2,15)5-7-17-13-18-9-12(10-19-13)11-4-3-6-16-8-11/h3-4,6,8-10H,5,7,15H2,1-2H3,(H,17,18,19). The van der Waals surface area contributed by atoms with E-state index >= 15 is 0 Å². The summed E-state index contributed by atoms with van der Waals surface area (Å²) < 4.78 is 0. The zero-order chi connectivity index (χ0) is 13.7. The molecule has 100 valence electrons. The lowest BCUT2D eigenvalue weighted by atomic mass is 10.0. The molecule has 0 atom stereocenters. The molecule has 5 nitrogen and oxygen atoms in total. The summed E-state index contributed by atoms with van der Waals surface area (Å²) >= 11 is 0. The van der Waals surface area contributed by atoms with Gasteiger partial charge in [0.1, 0.15) is 0 Å². The molecule has 0 aromatic carbocycles. The van der Waals surface area contributed by atoms with Gasteiger partial charge in [0.2, 0.25) is 5.95 Å². The maximum absolute atomic E-state index is 5.91. The number of nitrogens with two attached hydrogens (primary N) is 1. The van der Waals surface area contributed by atoms with Crippen molar-refractivity contribution in [3.8, 4) is 11.1 Å². The fraction of sp³-hybridized carbons (Fsp3) is 0.357. The van der Waals surface area contributed by atoms with E-state index in [0.29, 0.717) is 5.95 Å². The van der Waals surface area contributed by atoms with E-state index < -0.39 is 0 Å². The van der Waals surface area contributed by atoms with Crippen LogP contribution in [0.1, 0.15) is 20.3 Å². The van der Waals surface area contributed by atoms with Crippen LogP contribution in [-0.2, 0) is 0 Å². The van der Waals surface area contributed by atoms with E-state index in [0.717, 1.165) is 24.1 Å². The van der Waals surface area contributed by atoms with E-state index in [1.165, 1.54) is 0 Å². The number of hydrogen-bond acceptors (Lipinski definition) is 5. The largest absolute Gasteiger partial charge is 0.354 e. The van der Waals surface area contributed by atoms with Crippen LogP contribution in [0, 0.1) is 0 Å². The third-order valence-electron chi connectivity index (χ3n) is 2.70. The maximum atomic E-state index is 5.91. The molecule has 0 radical (unpaired) electrons. The molecule has 2 rings (SSSR count). The molecule has 0 amide bonds. The fourth-order valence-electron chi connectivity index (χ4n) is 1.60. The summed E-state index contributed by atoms with van der Waals surface area (Å²) in [7, 11) is 0. The summed E-state index contributed by atoms with van der Waals surface area (Å²) in [4.78, 5) is 12.6. The highest BCUT2D eigenvalue weighted by atomic mass is 15.1. The molecule has 0 spiro atoms. The molecule has 0 aliphatic rings. The van der Waals surface area contributed by atoms with Crippen LogP contribution in [-0.4, -0.2) is 27.0 Å². The minimum Gasteiger partial charge on any atom is -0.354 e. The number of nitrogens with zero attached hydrogens (tertiary/aromatic N) is 3. The van der Waals surface area contributed by atoms with Gasteiger partial charge in [0, 0.05) is 48.0 Å². The minimum absolute atomic E-state index is 0.178. The van der Waals surface area contributed by atoms with Crippen molar-refractivity contribution < 1.29 is 0 Å². The summed E-state index contributed by atoms with van der Waals surface area (Å²) in [5.41, 5.74) is 7.70. The molecule has 2 aromatic rings. The Kier molecular flexibility index (Phi) is 4.06. The molecule has 0 saturated carbocycles. The van der Waals surface area contributed by atoms with Crippen molar-refractivity contribution in [1.82, 2.24) is 15.0 Å². The van der Waals surface area contributed by atoms with Crippen molar-refractivity contribution in [2.45, 2.75) is 25.8 Å². The van der Waals surface area contributed by atoms with Crippen molar-refractivity contribution in [1.29, 1.82) is 0 Å². The number of nitrogens with one attached hydrogen (secondary N) is 1. The highest BCUT2D eigenvalue weighted by Crippen LogP contribution is 2.16. The Morgan fingerprint density at radius 1 is 1.16 bits per heavy atom. The maximum Gasteiger partial charge on any atom is 0.222 e. The Labute approximate surface area is 113 Å². The number of anilines is 1. The summed E-state index contributed by atoms with van der Waals surface area (Å²) in [5.74, 6) is 0.622. The van der Waals surface area contributed by atoms with Gasteiger partial charge >= 0.3 is 0 Å². The Balaban J connectivity index is 1.96. The highest BCUT2D eigenvalue weighted by Gasteiger charge is 2.09. The highest BCUT2D eigenvalue weighted by molar-refractivity contribution is 5.60. The first-order valence-electron chi connectivity index (χ1n) is 6.30. The zero-order valence-electron chi connectivity index (χ0n) is 11.3. The lowest BCUT2D eigenvalue weighted by Gasteiger charge is -2.18. The second kappa shape index (κ2) is 5.75. The molecule has 0 aliphatic heterocycles. The average Bonchev–Trinajstić information content (AvgIpc) is 2.39. The van der Waals surface area contributed by atoms with Crippen molar-refractivity contribution >= 4 is 5.95 Å². The van der Waals surface area contributed by atoms with E-state index in [-0.39, 0.29) is 5.54 Å². The normalized spacial score (nSPS) is 11.3. The van der Waals surface area contributed by atoms with Gasteiger partial charge in [-0.1, -0.05) is 6.07 Å². The molecule has 0 unspecified atom stereocenters. The number of hydrogen-bond donors (Lipinski definition) is 2. The van der Waals surface area contributed by atoms with Crippen molar-refractivity contribution in [3.05, 3.63) is 36.9 Å². The molecule has 19 heavy (non-hydrogen) atoms. The van der Waals surface area contributed by atoms with Crippen molar-refractivity contribution in [3.63, 3.8) is 0 Å². The van der Waals surface area contributed by atoms with Crippen LogP contribution in [0.3, 0.4) is 0 Å². The predicted molar refractivity (Wildman–Crippen MR) is 76.6 cm³/mol. The van der Waals surface area contributed by atoms with Crippen molar-refractivity contribution in [2.75, 3.05) is 11.9 Å². The summed E-state index contributed by atoms with van der Waals surface area (Å²) in [6.45, 7) is 4.76. The van der Waals surface area contributed by atoms with Gasteiger partial charge < -0.3 is 11.1 Å². The molecule has 3 N–H and O–H groups in total. The zero-order valence-corrected chi connectivity index (χ0v) is 11.3. The summed E-state index contributed by atoms with van der Waals surface area (Å²) in [5, 5.41) is 3.16. The van der Waals surface area contributed by atoms with E-state index in [4.69, 9.17) is 5.73 Å².